The predicted molar refractivity (Wildman–Crippen MR) is 116 cm³/mol. The fourth-order valence-electron chi connectivity index (χ4n) is 4.83. The highest BCUT2D eigenvalue weighted by Crippen LogP contribution is 2.48. The number of ketones is 1. The Morgan fingerprint density at radius 2 is 1.81 bits per heavy atom. The molecule has 27 heavy (non-hydrogen) atoms. The van der Waals surface area contributed by atoms with Crippen LogP contribution in [0.15, 0.2) is 58.1 Å². The van der Waals surface area contributed by atoms with Gasteiger partial charge in [0.1, 0.15) is 13.8 Å². The maximum Gasteiger partial charge on any atom is 0.187 e. The summed E-state index contributed by atoms with van der Waals surface area (Å²) in [5.41, 5.74) is 3.38. The van der Waals surface area contributed by atoms with Crippen molar-refractivity contribution in [1.29, 1.82) is 0 Å². The molecule has 4 rings (SSSR count). The van der Waals surface area contributed by atoms with Gasteiger partial charge >= 0.3 is 0 Å². The van der Waals surface area contributed by atoms with Crippen LogP contribution in [0.2, 0.25) is 11.1 Å². The van der Waals surface area contributed by atoms with Crippen LogP contribution in [0.3, 0.4) is 0 Å². The monoisotopic (exact) mass is 393 g/mol. The minimum Gasteiger partial charge on any atom is -0.508 e. The van der Waals surface area contributed by atoms with E-state index in [2.05, 4.69) is 27.7 Å². The Balaban J connectivity index is 2.18. The molecular weight excluding hydrogens is 370 g/mol. The largest absolute Gasteiger partial charge is 0.508 e. The molecule has 0 spiro atoms. The molecule has 0 unspecified atom stereocenters. The minimum atomic E-state index is -2.39. The maximum absolute atomic E-state index is 13.0. The molecule has 2 aliphatic rings. The number of phenols is 1. The van der Waals surface area contributed by atoms with Crippen LogP contribution >= 0.6 is 11.3 Å². The number of benzene rings is 1. The number of carbonyl (C=O) groups is 1. The molecule has 1 aliphatic carbocycles. The van der Waals surface area contributed by atoms with Crippen LogP contribution in [0, 0.1) is 0 Å². The minimum absolute atomic E-state index is 0.0631. The molecule has 0 amide bonds. The van der Waals surface area contributed by atoms with E-state index in [1.54, 1.807) is 23.5 Å². The second kappa shape index (κ2) is 6.43. The van der Waals surface area contributed by atoms with Crippen molar-refractivity contribution in [2.75, 3.05) is 0 Å². The first kappa shape index (κ1) is 18.1. The number of hydrogen-bond acceptors (Lipinski definition) is 4. The number of phenolic OH excluding ortho intramolecular Hbond substituents is 1. The van der Waals surface area contributed by atoms with Gasteiger partial charge in [-0.1, -0.05) is 33.8 Å². The van der Waals surface area contributed by atoms with Gasteiger partial charge < -0.3 is 5.11 Å². The number of hydrogen-bond donors (Lipinski definition) is 1. The number of rotatable bonds is 3. The fraction of sp³-hybridized carbons (Fsp3) is 0.273. The average Bonchev–Trinajstić information content (AvgIpc) is 3.13. The number of allylic oxidation sites excluding steroid dienone is 4. The molecule has 1 aliphatic heterocycles. The molecule has 0 saturated carbocycles. The summed E-state index contributed by atoms with van der Waals surface area (Å²) in [4.78, 5) is 19.0. The van der Waals surface area contributed by atoms with Crippen molar-refractivity contribution in [3.63, 3.8) is 0 Å². The lowest BCUT2D eigenvalue weighted by atomic mass is 10.0. The summed E-state index contributed by atoms with van der Waals surface area (Å²) >= 11 is 1.60. The van der Waals surface area contributed by atoms with E-state index in [1.165, 1.54) is 0 Å². The summed E-state index contributed by atoms with van der Waals surface area (Å²) < 4.78 is 0. The lowest BCUT2D eigenvalue weighted by Crippen LogP contribution is -2.59. The van der Waals surface area contributed by atoms with Gasteiger partial charge in [0.2, 0.25) is 0 Å². The number of nitrogens with zero attached hydrogens (tertiary/aromatic N) is 1. The third-order valence-electron chi connectivity index (χ3n) is 5.81. The van der Waals surface area contributed by atoms with Crippen molar-refractivity contribution in [2.45, 2.75) is 38.8 Å². The van der Waals surface area contributed by atoms with Crippen molar-refractivity contribution >= 4 is 47.4 Å². The summed E-state index contributed by atoms with van der Waals surface area (Å²) in [5.74, 6) is 0.328. The number of fused-ring (bicyclic) bond motifs is 2. The predicted octanol–water partition coefficient (Wildman–Crippen LogP) is 5.15. The van der Waals surface area contributed by atoms with Gasteiger partial charge in [0.15, 0.2) is 5.78 Å². The molecule has 2 aromatic rings. The lowest BCUT2D eigenvalue weighted by Gasteiger charge is -2.46. The van der Waals surface area contributed by atoms with Crippen LogP contribution in [0.5, 0.6) is 5.75 Å². The molecule has 138 valence electrons. The van der Waals surface area contributed by atoms with Crippen LogP contribution < -0.4 is 5.19 Å². The van der Waals surface area contributed by atoms with E-state index in [0.717, 1.165) is 32.2 Å². The van der Waals surface area contributed by atoms with E-state index in [1.807, 2.05) is 35.7 Å². The third kappa shape index (κ3) is 2.52. The Bertz CT molecular complexity index is 1000. The number of carbonyl (C=O) groups excluding carboxylic acids is 1. The summed E-state index contributed by atoms with van der Waals surface area (Å²) in [6.07, 6.45) is 3.54. The number of aromatic hydroxyl groups is 1. The third-order valence-corrected chi connectivity index (χ3v) is 13.0. The van der Waals surface area contributed by atoms with E-state index in [9.17, 15) is 9.90 Å². The van der Waals surface area contributed by atoms with Crippen LogP contribution in [-0.2, 0) is 4.79 Å². The SMILES string of the molecule is CC(C)[Si]1(C(C)C)C2=C(c3cccs3)C(=O)C=CC2=Nc2ccc(O)cc21. The Labute approximate surface area is 164 Å². The zero-order valence-corrected chi connectivity index (χ0v) is 17.8. The lowest BCUT2D eigenvalue weighted by molar-refractivity contribution is -0.109. The Morgan fingerprint density at radius 1 is 1.07 bits per heavy atom. The van der Waals surface area contributed by atoms with Crippen molar-refractivity contribution in [2.24, 2.45) is 4.99 Å². The molecule has 0 radical (unpaired) electrons. The second-order valence-corrected chi connectivity index (χ2v) is 13.8. The molecule has 0 saturated heterocycles. The Morgan fingerprint density at radius 3 is 2.44 bits per heavy atom. The van der Waals surface area contributed by atoms with Crippen molar-refractivity contribution in [3.05, 3.63) is 57.9 Å². The highest BCUT2D eigenvalue weighted by Gasteiger charge is 2.52. The number of thiophene rings is 1. The van der Waals surface area contributed by atoms with E-state index in [0.29, 0.717) is 11.1 Å². The van der Waals surface area contributed by atoms with E-state index < -0.39 is 8.07 Å². The van der Waals surface area contributed by atoms with Crippen LogP contribution in [0.25, 0.3) is 5.57 Å². The molecule has 5 heteroatoms. The summed E-state index contributed by atoms with van der Waals surface area (Å²) in [6.45, 7) is 9.02. The van der Waals surface area contributed by atoms with Gasteiger partial charge in [-0.15, -0.1) is 11.3 Å². The van der Waals surface area contributed by atoms with Crippen LogP contribution in [0.4, 0.5) is 5.69 Å². The van der Waals surface area contributed by atoms with Gasteiger partial charge in [0.25, 0.3) is 0 Å². The molecular formula is C22H23NO2SSi. The molecule has 0 atom stereocenters. The fourth-order valence-corrected chi connectivity index (χ4v) is 11.9. The zero-order chi connectivity index (χ0) is 19.3. The van der Waals surface area contributed by atoms with Crippen molar-refractivity contribution in [1.82, 2.24) is 0 Å². The van der Waals surface area contributed by atoms with Crippen molar-refractivity contribution in [3.8, 4) is 5.75 Å². The first-order valence-corrected chi connectivity index (χ1v) is 12.3. The molecule has 2 heterocycles. The second-order valence-electron chi connectivity index (χ2n) is 7.80. The van der Waals surface area contributed by atoms with Crippen LogP contribution in [0.1, 0.15) is 32.6 Å². The maximum atomic E-state index is 13.0. The van der Waals surface area contributed by atoms with Gasteiger partial charge in [0, 0.05) is 10.5 Å². The normalized spacial score (nSPS) is 18.0. The summed E-state index contributed by atoms with van der Waals surface area (Å²) in [7, 11) is -2.39. The standard InChI is InChI=1S/C22H23NO2SSi/c1-13(2)27(14(3)4)20-12-15(24)7-8-16(20)23-17-9-10-18(25)21(22(17)27)19-6-5-11-26-19/h5-14,24H,1-4H3. The van der Waals surface area contributed by atoms with Gasteiger partial charge in [-0.2, -0.15) is 0 Å². The van der Waals surface area contributed by atoms with Gasteiger partial charge in [-0.3, -0.25) is 4.79 Å². The van der Waals surface area contributed by atoms with Gasteiger partial charge in [-0.25, -0.2) is 4.99 Å². The molecule has 1 aromatic carbocycles. The molecule has 1 N–H and O–H groups in total. The molecule has 3 nitrogen and oxygen atoms in total. The Kier molecular flexibility index (Phi) is 4.32. The van der Waals surface area contributed by atoms with E-state index in [-0.39, 0.29) is 11.5 Å². The smallest absolute Gasteiger partial charge is 0.187 e. The van der Waals surface area contributed by atoms with Crippen LogP contribution in [-0.4, -0.2) is 24.7 Å². The average molecular weight is 394 g/mol. The van der Waals surface area contributed by atoms with E-state index >= 15 is 0 Å². The van der Waals surface area contributed by atoms with Crippen molar-refractivity contribution < 1.29 is 9.90 Å². The first-order chi connectivity index (χ1) is 12.9. The molecule has 0 fully saturated rings. The summed E-state index contributed by atoms with van der Waals surface area (Å²) in [5, 5.41) is 14.6. The number of aliphatic imine (C=N–C) groups is 1. The quantitative estimate of drug-likeness (QED) is 0.579. The molecule has 0 bridgehead atoms. The molecule has 1 aromatic heterocycles. The highest BCUT2D eigenvalue weighted by molar-refractivity contribution is 7.12. The zero-order valence-electron chi connectivity index (χ0n) is 16.0. The highest BCUT2D eigenvalue weighted by atomic mass is 32.1. The van der Waals surface area contributed by atoms with E-state index in [4.69, 9.17) is 4.99 Å². The first-order valence-electron chi connectivity index (χ1n) is 9.31. The topological polar surface area (TPSA) is 49.7 Å². The van der Waals surface area contributed by atoms with Gasteiger partial charge in [0.05, 0.1) is 11.4 Å². The Hall–Kier alpha value is -2.24. The summed E-state index contributed by atoms with van der Waals surface area (Å²) in [6, 6.07) is 9.53. The van der Waals surface area contributed by atoms with Gasteiger partial charge in [-0.05, 0) is 63.3 Å².